The molecule has 4 nitrogen and oxygen atoms in total. The van der Waals surface area contributed by atoms with Crippen LogP contribution in [0.2, 0.25) is 0 Å². The molecule has 1 saturated carbocycles. The lowest BCUT2D eigenvalue weighted by atomic mass is 9.80. The molecule has 0 spiro atoms. The second-order valence-corrected chi connectivity index (χ2v) is 8.53. The number of hydrogen-bond donors (Lipinski definition) is 3. The number of hydrogen-bond acceptors (Lipinski definition) is 3. The molecule has 3 N–H and O–H groups in total. The SMILES string of the molecule is C=C1C[C@@H](O)[C@H](/C=C/[C@H](O)C(C)(C)CCCC)[C@H]1C/C=C\CCCC(=O)O. The average Bonchev–Trinajstić information content (AvgIpc) is 2.86. The molecular weight excluding hydrogens is 340 g/mol. The Kier molecular flexibility index (Phi) is 10.0. The van der Waals surface area contributed by atoms with Crippen molar-refractivity contribution in [1.82, 2.24) is 0 Å². The van der Waals surface area contributed by atoms with Gasteiger partial charge in [0.1, 0.15) is 0 Å². The molecule has 0 aromatic carbocycles. The Morgan fingerprint density at radius 1 is 1.33 bits per heavy atom. The van der Waals surface area contributed by atoms with Crippen molar-refractivity contribution < 1.29 is 20.1 Å². The highest BCUT2D eigenvalue weighted by Gasteiger charge is 2.35. The first-order chi connectivity index (χ1) is 12.7. The summed E-state index contributed by atoms with van der Waals surface area (Å²) in [6.45, 7) is 10.4. The number of carbonyl (C=O) groups is 1. The summed E-state index contributed by atoms with van der Waals surface area (Å²) >= 11 is 0. The first kappa shape index (κ1) is 23.6. The number of rotatable bonds is 12. The van der Waals surface area contributed by atoms with Crippen molar-refractivity contribution in [3.63, 3.8) is 0 Å². The molecule has 4 heteroatoms. The fourth-order valence-corrected chi connectivity index (χ4v) is 3.69. The van der Waals surface area contributed by atoms with E-state index in [1.54, 1.807) is 0 Å². The second-order valence-electron chi connectivity index (χ2n) is 8.53. The Morgan fingerprint density at radius 3 is 2.67 bits per heavy atom. The molecule has 0 saturated heterocycles. The Balaban J connectivity index is 2.63. The van der Waals surface area contributed by atoms with E-state index in [-0.39, 0.29) is 23.7 Å². The minimum atomic E-state index is -0.763. The molecule has 1 aliphatic rings. The number of allylic oxidation sites excluding steroid dienone is 2. The second kappa shape index (κ2) is 11.5. The van der Waals surface area contributed by atoms with Crippen molar-refractivity contribution in [2.45, 2.75) is 84.3 Å². The summed E-state index contributed by atoms with van der Waals surface area (Å²) in [5, 5.41) is 29.6. The molecule has 27 heavy (non-hydrogen) atoms. The maximum absolute atomic E-state index is 10.6. The maximum atomic E-state index is 10.6. The van der Waals surface area contributed by atoms with Crippen LogP contribution in [0.25, 0.3) is 0 Å². The van der Waals surface area contributed by atoms with Crippen LogP contribution in [0, 0.1) is 17.3 Å². The van der Waals surface area contributed by atoms with Crippen molar-refractivity contribution in [3.8, 4) is 0 Å². The molecule has 4 atom stereocenters. The van der Waals surface area contributed by atoms with Gasteiger partial charge in [-0.1, -0.05) is 70.1 Å². The van der Waals surface area contributed by atoms with E-state index in [2.05, 4.69) is 33.4 Å². The highest BCUT2D eigenvalue weighted by atomic mass is 16.4. The van der Waals surface area contributed by atoms with E-state index in [0.29, 0.717) is 12.8 Å². The molecule has 1 rings (SSSR count). The lowest BCUT2D eigenvalue weighted by Crippen LogP contribution is -2.28. The van der Waals surface area contributed by atoms with Gasteiger partial charge in [0.25, 0.3) is 0 Å². The van der Waals surface area contributed by atoms with E-state index < -0.39 is 18.2 Å². The molecule has 0 radical (unpaired) electrons. The Hall–Kier alpha value is -1.39. The van der Waals surface area contributed by atoms with Crippen molar-refractivity contribution in [2.75, 3.05) is 0 Å². The van der Waals surface area contributed by atoms with Gasteiger partial charge in [0.05, 0.1) is 12.2 Å². The monoisotopic (exact) mass is 378 g/mol. The van der Waals surface area contributed by atoms with Gasteiger partial charge in [-0.2, -0.15) is 0 Å². The zero-order valence-corrected chi connectivity index (χ0v) is 17.2. The van der Waals surface area contributed by atoms with E-state index >= 15 is 0 Å². The van der Waals surface area contributed by atoms with Crippen LogP contribution in [0.15, 0.2) is 36.5 Å². The first-order valence-corrected chi connectivity index (χ1v) is 10.3. The number of carboxylic acids is 1. The summed E-state index contributed by atoms with van der Waals surface area (Å²) in [5.74, 6) is -0.628. The number of aliphatic hydroxyl groups is 2. The van der Waals surface area contributed by atoms with Gasteiger partial charge >= 0.3 is 5.97 Å². The van der Waals surface area contributed by atoms with Gasteiger partial charge in [0, 0.05) is 12.3 Å². The number of unbranched alkanes of at least 4 members (excludes halogenated alkanes) is 2. The maximum Gasteiger partial charge on any atom is 0.303 e. The minimum Gasteiger partial charge on any atom is -0.481 e. The lowest BCUT2D eigenvalue weighted by Gasteiger charge is -2.29. The molecule has 0 aromatic rings. The van der Waals surface area contributed by atoms with E-state index in [4.69, 9.17) is 5.11 Å². The van der Waals surface area contributed by atoms with Crippen molar-refractivity contribution in [2.24, 2.45) is 17.3 Å². The Labute approximate surface area is 164 Å². The van der Waals surface area contributed by atoms with Crippen LogP contribution >= 0.6 is 0 Å². The van der Waals surface area contributed by atoms with Crippen molar-refractivity contribution in [3.05, 3.63) is 36.5 Å². The zero-order chi connectivity index (χ0) is 20.4. The molecule has 1 aliphatic carbocycles. The molecule has 0 unspecified atom stereocenters. The molecule has 0 aromatic heterocycles. The molecule has 154 valence electrons. The topological polar surface area (TPSA) is 77.8 Å². The van der Waals surface area contributed by atoms with Crippen molar-refractivity contribution in [1.29, 1.82) is 0 Å². The zero-order valence-electron chi connectivity index (χ0n) is 17.2. The largest absolute Gasteiger partial charge is 0.481 e. The van der Waals surface area contributed by atoms with E-state index in [9.17, 15) is 15.0 Å². The number of aliphatic carboxylic acids is 1. The molecule has 0 bridgehead atoms. The first-order valence-electron chi connectivity index (χ1n) is 10.3. The Bertz CT molecular complexity index is 532. The van der Waals surface area contributed by atoms with Gasteiger partial charge in [0.15, 0.2) is 0 Å². The van der Waals surface area contributed by atoms with Gasteiger partial charge in [-0.05, 0) is 43.4 Å². The van der Waals surface area contributed by atoms with Crippen LogP contribution < -0.4 is 0 Å². The normalized spacial score (nSPS) is 24.9. The molecule has 0 amide bonds. The number of carboxylic acid groups (broad SMARTS) is 1. The van der Waals surface area contributed by atoms with E-state index in [1.807, 2.05) is 18.2 Å². The van der Waals surface area contributed by atoms with Gasteiger partial charge in [0.2, 0.25) is 0 Å². The van der Waals surface area contributed by atoms with Crippen LogP contribution in [-0.2, 0) is 4.79 Å². The van der Waals surface area contributed by atoms with E-state index in [1.165, 1.54) is 0 Å². The van der Waals surface area contributed by atoms with Crippen LogP contribution in [0.1, 0.15) is 72.1 Å². The fraction of sp³-hybridized carbons (Fsp3) is 0.696. The predicted octanol–water partition coefficient (Wildman–Crippen LogP) is 4.87. The van der Waals surface area contributed by atoms with Crippen LogP contribution in [-0.4, -0.2) is 33.5 Å². The van der Waals surface area contributed by atoms with Gasteiger partial charge in [-0.15, -0.1) is 0 Å². The highest BCUT2D eigenvalue weighted by Crippen LogP contribution is 2.40. The highest BCUT2D eigenvalue weighted by molar-refractivity contribution is 5.66. The predicted molar refractivity (Wildman–Crippen MR) is 110 cm³/mol. The average molecular weight is 379 g/mol. The molecular formula is C23H38O4. The lowest BCUT2D eigenvalue weighted by molar-refractivity contribution is -0.137. The van der Waals surface area contributed by atoms with Crippen LogP contribution in [0.3, 0.4) is 0 Å². The quantitative estimate of drug-likeness (QED) is 0.334. The van der Waals surface area contributed by atoms with Gasteiger partial charge in [-0.25, -0.2) is 0 Å². The minimum absolute atomic E-state index is 0.0298. The van der Waals surface area contributed by atoms with Gasteiger partial charge < -0.3 is 15.3 Å². The van der Waals surface area contributed by atoms with Crippen LogP contribution in [0.5, 0.6) is 0 Å². The van der Waals surface area contributed by atoms with Crippen LogP contribution in [0.4, 0.5) is 0 Å². The fourth-order valence-electron chi connectivity index (χ4n) is 3.69. The summed E-state index contributed by atoms with van der Waals surface area (Å²) < 4.78 is 0. The standard InChI is InChI=1S/C23H38O4/c1-5-6-15-23(3,4)21(25)14-13-19-18(17(2)16-20(19)24)11-9-7-8-10-12-22(26)27/h7,9,13-14,18-21,24-25H,2,5-6,8,10-12,15-16H2,1,3-4H3,(H,26,27)/b9-7-,14-13+/t18-,19+,20+,21-/m0/s1. The third-order valence-corrected chi connectivity index (χ3v) is 5.71. The summed E-state index contributed by atoms with van der Waals surface area (Å²) in [6.07, 6.45) is 13.1. The summed E-state index contributed by atoms with van der Waals surface area (Å²) in [6, 6.07) is 0. The van der Waals surface area contributed by atoms with E-state index in [0.717, 1.165) is 37.7 Å². The van der Waals surface area contributed by atoms with Crippen molar-refractivity contribution >= 4 is 5.97 Å². The molecule has 0 aliphatic heterocycles. The summed E-state index contributed by atoms with van der Waals surface area (Å²) in [5.41, 5.74) is 0.874. The molecule has 1 fully saturated rings. The third kappa shape index (κ3) is 8.02. The molecule has 0 heterocycles. The smallest absolute Gasteiger partial charge is 0.303 e. The Morgan fingerprint density at radius 2 is 2.04 bits per heavy atom. The number of aliphatic hydroxyl groups excluding tert-OH is 2. The third-order valence-electron chi connectivity index (χ3n) is 5.71. The summed E-state index contributed by atoms with van der Waals surface area (Å²) in [4.78, 5) is 10.5. The summed E-state index contributed by atoms with van der Waals surface area (Å²) in [7, 11) is 0. The van der Waals surface area contributed by atoms with Gasteiger partial charge in [-0.3, -0.25) is 4.79 Å².